The fraction of sp³-hybridized carbons (Fsp3) is 0. The second-order valence-electron chi connectivity index (χ2n) is 7.38. The Morgan fingerprint density at radius 2 is 1.40 bits per heavy atom. The van der Waals surface area contributed by atoms with E-state index in [2.05, 4.69) is 102 Å². The molecule has 0 atom stereocenters. The van der Waals surface area contributed by atoms with Gasteiger partial charge in [-0.15, -0.1) is 11.3 Å². The Kier molecular flexibility index (Phi) is 4.00. The van der Waals surface area contributed by atoms with Crippen LogP contribution in [-0.4, -0.2) is 4.98 Å². The summed E-state index contributed by atoms with van der Waals surface area (Å²) >= 11 is 1.74. The topological polar surface area (TPSA) is 24.9 Å². The molecule has 0 saturated carbocycles. The Bertz CT molecular complexity index is 1500. The molecule has 0 aliphatic carbocycles. The van der Waals surface area contributed by atoms with Crippen molar-refractivity contribution in [3.8, 4) is 10.6 Å². The van der Waals surface area contributed by atoms with E-state index in [0.717, 1.165) is 21.9 Å². The van der Waals surface area contributed by atoms with Crippen LogP contribution < -0.4 is 5.32 Å². The van der Waals surface area contributed by atoms with Crippen molar-refractivity contribution in [3.63, 3.8) is 0 Å². The van der Waals surface area contributed by atoms with Crippen LogP contribution in [0, 0.1) is 0 Å². The predicted octanol–water partition coefficient (Wildman–Crippen LogP) is 8.01. The number of thiazole rings is 1. The Labute approximate surface area is 178 Å². The molecule has 0 radical (unpaired) electrons. The van der Waals surface area contributed by atoms with Crippen molar-refractivity contribution in [1.29, 1.82) is 0 Å². The van der Waals surface area contributed by atoms with Gasteiger partial charge in [-0.3, -0.25) is 0 Å². The van der Waals surface area contributed by atoms with Crippen LogP contribution in [0.1, 0.15) is 0 Å². The molecule has 1 aromatic heterocycles. The third-order valence-corrected chi connectivity index (χ3v) is 6.55. The number of benzene rings is 5. The molecule has 0 aliphatic heterocycles. The number of nitrogens with one attached hydrogen (secondary N) is 1. The molecule has 5 aromatic carbocycles. The van der Waals surface area contributed by atoms with Crippen molar-refractivity contribution >= 4 is 54.5 Å². The third kappa shape index (κ3) is 2.92. The van der Waals surface area contributed by atoms with Crippen molar-refractivity contribution in [1.82, 2.24) is 4.98 Å². The van der Waals surface area contributed by atoms with Gasteiger partial charge in [-0.2, -0.15) is 0 Å². The summed E-state index contributed by atoms with van der Waals surface area (Å²) in [4.78, 5) is 4.88. The molecule has 0 aliphatic rings. The van der Waals surface area contributed by atoms with Crippen molar-refractivity contribution in [2.45, 2.75) is 0 Å². The molecule has 3 heteroatoms. The molecule has 142 valence electrons. The van der Waals surface area contributed by atoms with Crippen LogP contribution in [0.5, 0.6) is 0 Å². The van der Waals surface area contributed by atoms with Gasteiger partial charge in [0.25, 0.3) is 0 Å². The van der Waals surface area contributed by atoms with E-state index in [9.17, 15) is 0 Å². The first-order chi connectivity index (χ1) is 14.8. The summed E-state index contributed by atoms with van der Waals surface area (Å²) in [6, 6.07) is 36.2. The fourth-order valence-corrected chi connectivity index (χ4v) is 5.01. The molecule has 0 bridgehead atoms. The second kappa shape index (κ2) is 6.97. The summed E-state index contributed by atoms with van der Waals surface area (Å²) in [6.45, 7) is 0. The van der Waals surface area contributed by atoms with Crippen LogP contribution in [0.4, 0.5) is 11.4 Å². The standard InChI is InChI=1S/C27H18N2S/c1-2-8-19-17-20(14-13-18(19)7-1)28-24-16-15-23(21-9-3-4-10-22(21)24)27-29-25-11-5-6-12-26(25)30-27/h1-17,28H. The monoisotopic (exact) mass is 402 g/mol. The minimum absolute atomic E-state index is 1.06. The predicted molar refractivity (Wildman–Crippen MR) is 130 cm³/mol. The van der Waals surface area contributed by atoms with Crippen molar-refractivity contribution in [3.05, 3.63) is 103 Å². The molecule has 6 rings (SSSR count). The molecule has 6 aromatic rings. The first-order valence-corrected chi connectivity index (χ1v) is 10.8. The highest BCUT2D eigenvalue weighted by molar-refractivity contribution is 7.21. The maximum Gasteiger partial charge on any atom is 0.125 e. The van der Waals surface area contributed by atoms with E-state index in [0.29, 0.717) is 0 Å². The molecule has 1 N–H and O–H groups in total. The summed E-state index contributed by atoms with van der Waals surface area (Å²) in [5.41, 5.74) is 4.42. The minimum Gasteiger partial charge on any atom is -0.355 e. The zero-order chi connectivity index (χ0) is 19.9. The van der Waals surface area contributed by atoms with Crippen LogP contribution in [0.3, 0.4) is 0 Å². The van der Waals surface area contributed by atoms with Crippen LogP contribution >= 0.6 is 11.3 Å². The van der Waals surface area contributed by atoms with E-state index in [1.54, 1.807) is 11.3 Å². The molecule has 1 heterocycles. The quantitative estimate of drug-likeness (QED) is 0.324. The molecule has 0 spiro atoms. The number of hydrogen-bond acceptors (Lipinski definition) is 3. The SMILES string of the molecule is c1ccc2cc(Nc3ccc(-c4nc5ccccc5s4)c4ccccc34)ccc2c1. The lowest BCUT2D eigenvalue weighted by molar-refractivity contribution is 1.49. The first-order valence-electron chi connectivity index (χ1n) is 9.99. The molecular weight excluding hydrogens is 384 g/mol. The fourth-order valence-electron chi connectivity index (χ4n) is 4.00. The Balaban J connectivity index is 1.46. The lowest BCUT2D eigenvalue weighted by Crippen LogP contribution is -1.93. The van der Waals surface area contributed by atoms with E-state index in [1.807, 2.05) is 6.07 Å². The summed E-state index contributed by atoms with van der Waals surface area (Å²) in [6.07, 6.45) is 0. The number of hydrogen-bond donors (Lipinski definition) is 1. The maximum atomic E-state index is 4.88. The van der Waals surface area contributed by atoms with Gasteiger partial charge in [-0.05, 0) is 52.6 Å². The van der Waals surface area contributed by atoms with E-state index < -0.39 is 0 Å². The first kappa shape index (κ1) is 17.2. The second-order valence-corrected chi connectivity index (χ2v) is 8.41. The third-order valence-electron chi connectivity index (χ3n) is 5.48. The number of fused-ring (bicyclic) bond motifs is 3. The van der Waals surface area contributed by atoms with E-state index in [1.165, 1.54) is 31.8 Å². The maximum absolute atomic E-state index is 4.88. The van der Waals surface area contributed by atoms with Gasteiger partial charge in [0.05, 0.1) is 10.2 Å². The van der Waals surface area contributed by atoms with Crippen LogP contribution in [0.15, 0.2) is 103 Å². The average molecular weight is 403 g/mol. The molecule has 30 heavy (non-hydrogen) atoms. The highest BCUT2D eigenvalue weighted by atomic mass is 32.1. The molecule has 0 unspecified atom stereocenters. The largest absolute Gasteiger partial charge is 0.355 e. The van der Waals surface area contributed by atoms with Crippen molar-refractivity contribution in [2.75, 3.05) is 5.32 Å². The molecule has 0 fully saturated rings. The van der Waals surface area contributed by atoms with Gasteiger partial charge in [-0.1, -0.05) is 66.7 Å². The number of para-hydroxylation sites is 1. The summed E-state index contributed by atoms with van der Waals surface area (Å²) in [5.74, 6) is 0. The minimum atomic E-state index is 1.06. The van der Waals surface area contributed by atoms with Crippen LogP contribution in [-0.2, 0) is 0 Å². The van der Waals surface area contributed by atoms with Gasteiger partial charge in [0.1, 0.15) is 5.01 Å². The van der Waals surface area contributed by atoms with E-state index >= 15 is 0 Å². The highest BCUT2D eigenvalue weighted by Gasteiger charge is 2.12. The van der Waals surface area contributed by atoms with E-state index in [4.69, 9.17) is 4.98 Å². The van der Waals surface area contributed by atoms with Gasteiger partial charge in [0, 0.05) is 22.3 Å². The van der Waals surface area contributed by atoms with Crippen molar-refractivity contribution in [2.24, 2.45) is 0 Å². The van der Waals surface area contributed by atoms with Crippen LogP contribution in [0.25, 0.3) is 42.3 Å². The van der Waals surface area contributed by atoms with Gasteiger partial charge in [0.2, 0.25) is 0 Å². The summed E-state index contributed by atoms with van der Waals surface area (Å²) < 4.78 is 1.22. The van der Waals surface area contributed by atoms with Gasteiger partial charge in [-0.25, -0.2) is 4.98 Å². The highest BCUT2D eigenvalue weighted by Crippen LogP contribution is 2.38. The Hall–Kier alpha value is -3.69. The van der Waals surface area contributed by atoms with Crippen LogP contribution in [0.2, 0.25) is 0 Å². The van der Waals surface area contributed by atoms with Gasteiger partial charge in [0.15, 0.2) is 0 Å². The van der Waals surface area contributed by atoms with Gasteiger partial charge < -0.3 is 5.32 Å². The summed E-state index contributed by atoms with van der Waals surface area (Å²) in [7, 11) is 0. The Morgan fingerprint density at radius 3 is 2.30 bits per heavy atom. The van der Waals surface area contributed by atoms with E-state index in [-0.39, 0.29) is 0 Å². The van der Waals surface area contributed by atoms with Gasteiger partial charge >= 0.3 is 0 Å². The zero-order valence-corrected chi connectivity index (χ0v) is 17.0. The molecule has 2 nitrogen and oxygen atoms in total. The number of anilines is 2. The number of rotatable bonds is 3. The number of aromatic nitrogens is 1. The smallest absolute Gasteiger partial charge is 0.125 e. The molecule has 0 amide bonds. The number of nitrogens with zero attached hydrogens (tertiary/aromatic N) is 1. The average Bonchev–Trinajstić information content (AvgIpc) is 3.23. The lowest BCUT2D eigenvalue weighted by atomic mass is 10.0. The normalized spacial score (nSPS) is 11.3. The summed E-state index contributed by atoms with van der Waals surface area (Å²) in [5, 5.41) is 9.58. The molecular formula is C27H18N2S. The Morgan fingerprint density at radius 1 is 0.633 bits per heavy atom. The zero-order valence-electron chi connectivity index (χ0n) is 16.2. The molecule has 0 saturated heterocycles. The lowest BCUT2D eigenvalue weighted by Gasteiger charge is -2.13. The van der Waals surface area contributed by atoms with Crippen molar-refractivity contribution < 1.29 is 0 Å².